The van der Waals surface area contributed by atoms with Crippen molar-refractivity contribution in [3.8, 4) is 0 Å². The van der Waals surface area contributed by atoms with Crippen LogP contribution in [0.3, 0.4) is 0 Å². The fraction of sp³-hybridized carbons (Fsp3) is 0.192. The maximum atomic E-state index is 15.6. The van der Waals surface area contributed by atoms with Crippen LogP contribution in [0, 0.1) is 6.08 Å². The minimum absolute atomic E-state index is 0.0764. The van der Waals surface area contributed by atoms with Crippen LogP contribution in [-0.4, -0.2) is 28.9 Å². The van der Waals surface area contributed by atoms with Gasteiger partial charge in [0, 0.05) is 6.20 Å². The van der Waals surface area contributed by atoms with Gasteiger partial charge in [0.15, 0.2) is 0 Å². The zero-order valence-electron chi connectivity index (χ0n) is 18.9. The van der Waals surface area contributed by atoms with Crippen molar-refractivity contribution in [2.75, 3.05) is 0 Å². The number of benzene rings is 3. The van der Waals surface area contributed by atoms with Crippen LogP contribution in [0.5, 0.6) is 0 Å². The largest absolute Gasteiger partial charge is 0.498 e. The molecule has 4 rings (SSSR count). The third-order valence-corrected chi connectivity index (χ3v) is 7.73. The number of rotatable bonds is 8. The Balaban J connectivity index is 1.85. The lowest BCUT2D eigenvalue weighted by Gasteiger charge is -2.37. The highest BCUT2D eigenvalue weighted by Gasteiger charge is 2.49. The molecule has 5 nitrogen and oxygen atoms in total. The van der Waals surface area contributed by atoms with Gasteiger partial charge in [0.05, 0.1) is 5.69 Å². The van der Waals surface area contributed by atoms with Crippen LogP contribution in [0.15, 0.2) is 97.2 Å². The van der Waals surface area contributed by atoms with E-state index in [1.165, 1.54) is 10.8 Å². The minimum atomic E-state index is -5.56. The van der Waals surface area contributed by atoms with Crippen LogP contribution in [0.1, 0.15) is 28.8 Å². The van der Waals surface area contributed by atoms with Gasteiger partial charge in [-0.05, 0) is 29.5 Å². The number of nitrogens with zero attached hydrogens (tertiary/aromatic N) is 2. The maximum Gasteiger partial charge on any atom is 0.498 e. The molecule has 0 amide bonds. The van der Waals surface area contributed by atoms with Gasteiger partial charge < -0.3 is 5.73 Å². The Morgan fingerprint density at radius 2 is 1.22 bits per heavy atom. The number of halogens is 4. The highest BCUT2D eigenvalue weighted by molar-refractivity contribution is 7.92. The molecule has 1 unspecified atom stereocenters. The molecule has 0 aliphatic rings. The first-order chi connectivity index (χ1) is 17.1. The molecule has 3 aromatic carbocycles. The van der Waals surface area contributed by atoms with Crippen molar-refractivity contribution in [1.82, 2.24) is 9.55 Å². The molecular formula is C26H23F4N3O2S. The van der Waals surface area contributed by atoms with Crippen LogP contribution in [0.2, 0.25) is 0 Å². The Morgan fingerprint density at radius 1 is 0.806 bits per heavy atom. The topological polar surface area (TPSA) is 78.0 Å². The molecule has 0 saturated carbocycles. The Bertz CT molecular complexity index is 1310. The molecule has 2 N–H and O–H groups in total. The molecule has 0 saturated heterocycles. The van der Waals surface area contributed by atoms with Crippen molar-refractivity contribution in [2.45, 2.75) is 29.3 Å². The van der Waals surface area contributed by atoms with Crippen molar-refractivity contribution in [1.29, 1.82) is 0 Å². The van der Waals surface area contributed by atoms with Crippen LogP contribution in [0.4, 0.5) is 17.6 Å². The molecule has 1 atom stereocenters. The van der Waals surface area contributed by atoms with Gasteiger partial charge in [0.2, 0.25) is 0 Å². The van der Waals surface area contributed by atoms with E-state index in [0.717, 1.165) is 16.7 Å². The van der Waals surface area contributed by atoms with Crippen molar-refractivity contribution in [2.24, 2.45) is 5.73 Å². The molecule has 0 radical (unpaired) electrons. The van der Waals surface area contributed by atoms with Gasteiger partial charge in [0.1, 0.15) is 10.9 Å². The van der Waals surface area contributed by atoms with Gasteiger partial charge in [-0.1, -0.05) is 91.0 Å². The number of alkyl halides is 3. The average molecular weight is 518 g/mol. The normalized spacial score (nSPS) is 13.5. The average Bonchev–Trinajstić information content (AvgIpc) is 3.25. The zero-order valence-corrected chi connectivity index (χ0v) is 19.8. The molecule has 1 aromatic heterocycles. The molecule has 4 aromatic rings. The summed E-state index contributed by atoms with van der Waals surface area (Å²) in [7, 11) is -5.56. The van der Waals surface area contributed by atoms with Gasteiger partial charge in [-0.3, -0.25) is 4.57 Å². The second kappa shape index (κ2) is 9.87. The van der Waals surface area contributed by atoms with Gasteiger partial charge in [-0.15, -0.1) is 0 Å². The first kappa shape index (κ1) is 25.6. The molecule has 1 heterocycles. The first-order valence-electron chi connectivity index (χ1n) is 11.0. The summed E-state index contributed by atoms with van der Waals surface area (Å²) in [6.07, 6.45) is -0.328. The lowest BCUT2D eigenvalue weighted by Crippen LogP contribution is -2.40. The number of imidazole rings is 1. The minimum Gasteiger partial charge on any atom is -0.315 e. The number of nitrogens with two attached hydrogens (primary N) is 1. The van der Waals surface area contributed by atoms with E-state index < -0.39 is 38.8 Å². The summed E-state index contributed by atoms with van der Waals surface area (Å²) in [6.45, 7) is 0. The smallest absolute Gasteiger partial charge is 0.315 e. The van der Waals surface area contributed by atoms with E-state index >= 15 is 4.39 Å². The van der Waals surface area contributed by atoms with Gasteiger partial charge in [0.25, 0.3) is 15.9 Å². The highest BCUT2D eigenvalue weighted by atomic mass is 32.2. The van der Waals surface area contributed by atoms with E-state index in [-0.39, 0.29) is 12.1 Å². The van der Waals surface area contributed by atoms with Crippen LogP contribution in [0.25, 0.3) is 0 Å². The van der Waals surface area contributed by atoms with E-state index in [1.54, 1.807) is 0 Å². The number of aryl methyl sites for hydroxylation is 1. The molecule has 0 fully saturated rings. The van der Waals surface area contributed by atoms with Crippen molar-refractivity contribution < 1.29 is 26.0 Å². The number of aromatic nitrogens is 2. The molecule has 0 aliphatic heterocycles. The van der Waals surface area contributed by atoms with E-state index in [1.807, 2.05) is 91.0 Å². The molecule has 0 spiro atoms. The maximum absolute atomic E-state index is 15.6. The fourth-order valence-corrected chi connectivity index (χ4v) is 5.10. The summed E-state index contributed by atoms with van der Waals surface area (Å²) in [4.78, 5) is 3.93. The molecule has 0 aliphatic carbocycles. The van der Waals surface area contributed by atoms with Gasteiger partial charge in [-0.2, -0.15) is 17.6 Å². The van der Waals surface area contributed by atoms with Crippen molar-refractivity contribution in [3.05, 3.63) is 126 Å². The lowest BCUT2D eigenvalue weighted by atomic mass is 9.76. The molecule has 0 bridgehead atoms. The van der Waals surface area contributed by atoms with E-state index in [4.69, 9.17) is 5.73 Å². The summed E-state index contributed by atoms with van der Waals surface area (Å²) >= 11 is 0. The number of hydrogen-bond acceptors (Lipinski definition) is 4. The third kappa shape index (κ3) is 4.54. The fourth-order valence-electron chi connectivity index (χ4n) is 4.33. The summed E-state index contributed by atoms with van der Waals surface area (Å²) in [6, 6.07) is 27.6. The number of hydrogen-bond donors (Lipinski definition) is 1. The SMILES string of the molecule is NC(CCc1cn(C(c2ccccc2)(c2ccccc2)c2ccccc2)c(F)n1)S(=O)(=O)C(F)(F)F. The van der Waals surface area contributed by atoms with Crippen LogP contribution >= 0.6 is 0 Å². The van der Waals surface area contributed by atoms with E-state index in [2.05, 4.69) is 4.98 Å². The molecule has 36 heavy (non-hydrogen) atoms. The zero-order chi connectivity index (χ0) is 26.0. The third-order valence-electron chi connectivity index (χ3n) is 6.05. The predicted molar refractivity (Wildman–Crippen MR) is 128 cm³/mol. The quantitative estimate of drug-likeness (QED) is 0.263. The standard InChI is InChI=1S/C26H23F4N3O2S/c27-24-32-22(16-17-23(31)36(34,35)26(28,29)30)18-33(24)25(19-10-4-1-5-11-19,20-12-6-2-7-13-20)21-14-8-3-9-15-21/h1-15,18,23H,16-17,31H2. The van der Waals surface area contributed by atoms with Crippen LogP contribution < -0.4 is 5.73 Å². The Kier molecular flexibility index (Phi) is 7.01. The van der Waals surface area contributed by atoms with Crippen molar-refractivity contribution in [3.63, 3.8) is 0 Å². The number of sulfone groups is 1. The summed E-state index contributed by atoms with van der Waals surface area (Å²) in [5, 5.41) is -2.19. The highest BCUT2D eigenvalue weighted by Crippen LogP contribution is 2.41. The lowest BCUT2D eigenvalue weighted by molar-refractivity contribution is -0.0445. The first-order valence-corrected chi connectivity index (χ1v) is 12.6. The second-order valence-corrected chi connectivity index (χ2v) is 10.4. The predicted octanol–water partition coefficient (Wildman–Crippen LogP) is 5.01. The Labute approximate surface area is 206 Å². The summed E-state index contributed by atoms with van der Waals surface area (Å²) in [5.41, 5.74) is 0.919. The van der Waals surface area contributed by atoms with Crippen LogP contribution in [-0.2, 0) is 21.8 Å². The Morgan fingerprint density at radius 3 is 1.61 bits per heavy atom. The van der Waals surface area contributed by atoms with Gasteiger partial charge in [-0.25, -0.2) is 13.4 Å². The molecule has 188 valence electrons. The summed E-state index contributed by atoms with van der Waals surface area (Å²) in [5.74, 6) is 0. The monoisotopic (exact) mass is 517 g/mol. The Hall–Kier alpha value is -3.50. The van der Waals surface area contributed by atoms with Gasteiger partial charge >= 0.3 is 5.51 Å². The molecular weight excluding hydrogens is 494 g/mol. The van der Waals surface area contributed by atoms with E-state index in [9.17, 15) is 21.6 Å². The summed E-state index contributed by atoms with van der Waals surface area (Å²) < 4.78 is 78.7. The molecule has 10 heteroatoms. The van der Waals surface area contributed by atoms with Crippen molar-refractivity contribution >= 4 is 9.84 Å². The van der Waals surface area contributed by atoms with E-state index in [0.29, 0.717) is 0 Å². The second-order valence-electron chi connectivity index (χ2n) is 8.25.